The molecule has 0 saturated carbocycles. The van der Waals surface area contributed by atoms with Crippen molar-refractivity contribution in [2.75, 3.05) is 13.2 Å². The number of hydrogen-bond acceptors (Lipinski definition) is 8. The van der Waals surface area contributed by atoms with Crippen molar-refractivity contribution in [3.8, 4) is 0 Å². The topological polar surface area (TPSA) is 149 Å². The standard InChI is InChI=1S/C49H89NO8/c1-3-5-7-9-11-13-15-16-17-18-19-20-21-22-23-24-25-26-27-28-29-31-33-35-37-39-45(53)50-42(41-57-49-48(56)47(55)46(54)44(40-51)58-49)43(52)38-36-34-32-30-14-12-10-8-6-4-2/h15-16,18-19,21-22,36,38,42-44,46-49,51-52,54-56H,3-14,17,20,23-35,37,39-41H2,1-2H3,(H,50,53)/b16-15-,19-18-,22-21-,38-36+. The highest BCUT2D eigenvalue weighted by atomic mass is 16.7. The first kappa shape index (κ1) is 54.2. The molecule has 58 heavy (non-hydrogen) atoms. The first-order chi connectivity index (χ1) is 28.3. The quantitative estimate of drug-likeness (QED) is 0.0265. The summed E-state index contributed by atoms with van der Waals surface area (Å²) in [7, 11) is 0. The Labute approximate surface area is 354 Å². The van der Waals surface area contributed by atoms with Gasteiger partial charge in [-0.1, -0.05) is 184 Å². The lowest BCUT2D eigenvalue weighted by atomic mass is 9.99. The van der Waals surface area contributed by atoms with Gasteiger partial charge in [-0.25, -0.2) is 0 Å². The van der Waals surface area contributed by atoms with Crippen molar-refractivity contribution < 1.29 is 39.8 Å². The fourth-order valence-electron chi connectivity index (χ4n) is 7.28. The van der Waals surface area contributed by atoms with E-state index in [1.807, 2.05) is 6.08 Å². The van der Waals surface area contributed by atoms with Gasteiger partial charge in [0.15, 0.2) is 6.29 Å². The molecule has 1 aliphatic rings. The number of carbonyl (C=O) groups excluding carboxylic acids is 1. The van der Waals surface area contributed by atoms with Crippen molar-refractivity contribution in [1.82, 2.24) is 5.32 Å². The number of aliphatic hydroxyl groups is 5. The molecule has 0 aromatic heterocycles. The summed E-state index contributed by atoms with van der Waals surface area (Å²) in [6.07, 6.45) is 43.1. The number of unbranched alkanes of at least 4 members (excludes halogenated alkanes) is 23. The van der Waals surface area contributed by atoms with Crippen LogP contribution in [0.1, 0.15) is 200 Å². The minimum atomic E-state index is -1.57. The number of ether oxygens (including phenoxy) is 2. The summed E-state index contributed by atoms with van der Waals surface area (Å²) in [6, 6.07) is -0.806. The average Bonchev–Trinajstić information content (AvgIpc) is 3.22. The molecule has 1 rings (SSSR count). The molecule has 1 saturated heterocycles. The Balaban J connectivity index is 2.25. The molecule has 0 aromatic rings. The molecule has 9 nitrogen and oxygen atoms in total. The molecule has 0 spiro atoms. The predicted molar refractivity (Wildman–Crippen MR) is 239 cm³/mol. The Morgan fingerprint density at radius 3 is 1.50 bits per heavy atom. The Kier molecular flexibility index (Phi) is 36.7. The maximum Gasteiger partial charge on any atom is 0.220 e. The molecular weight excluding hydrogens is 731 g/mol. The van der Waals surface area contributed by atoms with Crippen molar-refractivity contribution in [3.63, 3.8) is 0 Å². The van der Waals surface area contributed by atoms with E-state index in [4.69, 9.17) is 9.47 Å². The summed E-state index contributed by atoms with van der Waals surface area (Å²) < 4.78 is 11.2. The van der Waals surface area contributed by atoms with Crippen molar-refractivity contribution >= 4 is 5.91 Å². The second kappa shape index (κ2) is 39.3. The molecular formula is C49H89NO8. The smallest absolute Gasteiger partial charge is 0.220 e. The van der Waals surface area contributed by atoms with E-state index in [1.54, 1.807) is 6.08 Å². The zero-order valence-corrected chi connectivity index (χ0v) is 37.0. The summed E-state index contributed by atoms with van der Waals surface area (Å²) in [5, 5.41) is 54.1. The van der Waals surface area contributed by atoms with E-state index in [9.17, 15) is 30.3 Å². The molecule has 0 aliphatic carbocycles. The Hall–Kier alpha value is -1.85. The highest BCUT2D eigenvalue weighted by Gasteiger charge is 2.44. The van der Waals surface area contributed by atoms with Crippen LogP contribution >= 0.6 is 0 Å². The maximum absolute atomic E-state index is 12.9. The average molecular weight is 820 g/mol. The second-order valence-electron chi connectivity index (χ2n) is 16.5. The minimum absolute atomic E-state index is 0.184. The molecule has 1 aliphatic heterocycles. The lowest BCUT2D eigenvalue weighted by Crippen LogP contribution is -2.60. The van der Waals surface area contributed by atoms with E-state index < -0.39 is 49.5 Å². The monoisotopic (exact) mass is 820 g/mol. The van der Waals surface area contributed by atoms with Gasteiger partial charge in [-0.2, -0.15) is 0 Å². The van der Waals surface area contributed by atoms with E-state index in [2.05, 4.69) is 55.6 Å². The third-order valence-corrected chi connectivity index (χ3v) is 11.1. The first-order valence-corrected chi connectivity index (χ1v) is 23.9. The number of allylic oxidation sites excluding steroid dienone is 7. The Bertz CT molecular complexity index is 1050. The zero-order valence-electron chi connectivity index (χ0n) is 37.0. The van der Waals surface area contributed by atoms with Gasteiger partial charge in [0.1, 0.15) is 24.4 Å². The molecule has 1 fully saturated rings. The van der Waals surface area contributed by atoms with E-state index >= 15 is 0 Å². The van der Waals surface area contributed by atoms with Crippen LogP contribution in [-0.4, -0.2) is 87.5 Å². The van der Waals surface area contributed by atoms with Gasteiger partial charge in [-0.3, -0.25) is 4.79 Å². The SMILES string of the molecule is CCCCCCC/C=C\C/C=C\C/C=C\CCCCCCCCCCCCC(=O)NC(COC1OC(CO)C(O)C(O)C1O)C(O)/C=C/CCCCCCCCCC. The van der Waals surface area contributed by atoms with Crippen molar-refractivity contribution in [2.45, 2.75) is 243 Å². The van der Waals surface area contributed by atoms with Gasteiger partial charge in [0.05, 0.1) is 25.4 Å². The zero-order chi connectivity index (χ0) is 42.3. The molecule has 0 radical (unpaired) electrons. The summed E-state index contributed by atoms with van der Waals surface area (Å²) in [5.74, 6) is -0.184. The Morgan fingerprint density at radius 2 is 1.02 bits per heavy atom. The van der Waals surface area contributed by atoms with E-state index in [0.717, 1.165) is 51.4 Å². The van der Waals surface area contributed by atoms with Gasteiger partial charge >= 0.3 is 0 Å². The third-order valence-electron chi connectivity index (χ3n) is 11.1. The third kappa shape index (κ3) is 29.4. The number of carbonyl (C=O) groups is 1. The number of amides is 1. The van der Waals surface area contributed by atoms with Crippen molar-refractivity contribution in [1.29, 1.82) is 0 Å². The molecule has 0 aromatic carbocycles. The predicted octanol–water partition coefficient (Wildman–Crippen LogP) is 10.2. The van der Waals surface area contributed by atoms with Crippen LogP contribution < -0.4 is 5.32 Å². The van der Waals surface area contributed by atoms with Gasteiger partial charge in [0.2, 0.25) is 5.91 Å². The summed E-state index contributed by atoms with van der Waals surface area (Å²) >= 11 is 0. The molecule has 6 N–H and O–H groups in total. The van der Waals surface area contributed by atoms with E-state index in [-0.39, 0.29) is 12.5 Å². The highest BCUT2D eigenvalue weighted by Crippen LogP contribution is 2.22. The van der Waals surface area contributed by atoms with Crippen LogP contribution in [0.3, 0.4) is 0 Å². The molecule has 338 valence electrons. The van der Waals surface area contributed by atoms with E-state index in [1.165, 1.54) is 128 Å². The van der Waals surface area contributed by atoms with Gasteiger partial charge in [-0.15, -0.1) is 0 Å². The lowest BCUT2D eigenvalue weighted by Gasteiger charge is -2.40. The van der Waals surface area contributed by atoms with Crippen LogP contribution in [-0.2, 0) is 14.3 Å². The van der Waals surface area contributed by atoms with Gasteiger partial charge in [-0.05, 0) is 57.8 Å². The van der Waals surface area contributed by atoms with Crippen molar-refractivity contribution in [3.05, 3.63) is 48.6 Å². The van der Waals surface area contributed by atoms with Gasteiger partial charge < -0.3 is 40.3 Å². The van der Waals surface area contributed by atoms with Gasteiger partial charge in [0, 0.05) is 6.42 Å². The number of hydrogen-bond donors (Lipinski definition) is 6. The highest BCUT2D eigenvalue weighted by molar-refractivity contribution is 5.76. The molecule has 9 heteroatoms. The van der Waals surface area contributed by atoms with Crippen LogP contribution in [0.2, 0.25) is 0 Å². The molecule has 7 atom stereocenters. The van der Waals surface area contributed by atoms with Crippen LogP contribution in [0.15, 0.2) is 48.6 Å². The molecule has 1 heterocycles. The minimum Gasteiger partial charge on any atom is -0.394 e. The van der Waals surface area contributed by atoms with E-state index in [0.29, 0.717) is 6.42 Å². The molecule has 7 unspecified atom stereocenters. The fraction of sp³-hybridized carbons (Fsp3) is 0.816. The summed E-state index contributed by atoms with van der Waals surface area (Å²) in [4.78, 5) is 12.9. The van der Waals surface area contributed by atoms with Crippen LogP contribution in [0.4, 0.5) is 0 Å². The Morgan fingerprint density at radius 1 is 0.586 bits per heavy atom. The van der Waals surface area contributed by atoms with Crippen LogP contribution in [0.25, 0.3) is 0 Å². The second-order valence-corrected chi connectivity index (χ2v) is 16.5. The number of aliphatic hydroxyl groups excluding tert-OH is 5. The van der Waals surface area contributed by atoms with Gasteiger partial charge in [0.25, 0.3) is 0 Å². The first-order valence-electron chi connectivity index (χ1n) is 23.9. The normalized spacial score (nSPS) is 21.3. The number of rotatable bonds is 39. The maximum atomic E-state index is 12.9. The lowest BCUT2D eigenvalue weighted by molar-refractivity contribution is -0.302. The summed E-state index contributed by atoms with van der Waals surface area (Å²) in [5.41, 5.74) is 0. The molecule has 0 bridgehead atoms. The van der Waals surface area contributed by atoms with Crippen molar-refractivity contribution in [2.24, 2.45) is 0 Å². The number of nitrogens with one attached hydrogen (secondary N) is 1. The largest absolute Gasteiger partial charge is 0.394 e. The molecule has 1 amide bonds. The van der Waals surface area contributed by atoms with Crippen LogP contribution in [0, 0.1) is 0 Å². The van der Waals surface area contributed by atoms with Crippen LogP contribution in [0.5, 0.6) is 0 Å². The fourth-order valence-corrected chi connectivity index (χ4v) is 7.28. The summed E-state index contributed by atoms with van der Waals surface area (Å²) in [6.45, 7) is 3.73.